The Morgan fingerprint density at radius 1 is 1.09 bits per heavy atom. The molecular weight excluding hydrogens is 460 g/mol. The van der Waals surface area contributed by atoms with Gasteiger partial charge < -0.3 is 0 Å². The van der Waals surface area contributed by atoms with E-state index < -0.39 is 33.1 Å². The van der Waals surface area contributed by atoms with Crippen LogP contribution >= 0.6 is 11.6 Å². The van der Waals surface area contributed by atoms with Crippen molar-refractivity contribution in [1.82, 2.24) is 14.5 Å². The van der Waals surface area contributed by atoms with Crippen molar-refractivity contribution in [3.05, 3.63) is 82.4 Å². The minimum atomic E-state index is -3.89. The standard InChI is InChI=1S/C22H16ClF2N3O3S/c1-12-5-3-4-6-14(12)21-16-9-13(24)7-8-19(16)28(26-21)20-11-18(25)15(10-17(20)23)22(29)27-32(2,30)31/h3-11H,1-2H3,(H,27,29). The third-order valence-electron chi connectivity index (χ3n) is 4.83. The minimum Gasteiger partial charge on any atom is -0.268 e. The second kappa shape index (κ2) is 7.99. The average molecular weight is 476 g/mol. The van der Waals surface area contributed by atoms with Gasteiger partial charge in [0.05, 0.1) is 28.0 Å². The molecule has 0 atom stereocenters. The molecule has 32 heavy (non-hydrogen) atoms. The quantitative estimate of drug-likeness (QED) is 0.467. The maximum atomic E-state index is 14.8. The van der Waals surface area contributed by atoms with E-state index in [1.54, 1.807) is 4.72 Å². The van der Waals surface area contributed by atoms with Crippen molar-refractivity contribution in [1.29, 1.82) is 0 Å². The van der Waals surface area contributed by atoms with Crippen LogP contribution in [-0.2, 0) is 10.0 Å². The van der Waals surface area contributed by atoms with E-state index in [1.807, 2.05) is 31.2 Å². The Kier molecular flexibility index (Phi) is 5.47. The SMILES string of the molecule is Cc1ccccc1-c1nn(-c2cc(F)c(C(=O)NS(C)(=O)=O)cc2Cl)c2ccc(F)cc12. The Bertz CT molecular complexity index is 1500. The second-order valence-electron chi connectivity index (χ2n) is 7.22. The number of aryl methyl sites for hydroxylation is 1. The van der Waals surface area contributed by atoms with Gasteiger partial charge in [0.1, 0.15) is 17.3 Å². The molecule has 0 spiro atoms. The molecule has 3 aromatic carbocycles. The summed E-state index contributed by atoms with van der Waals surface area (Å²) < 4.78 is 54.5. The highest BCUT2D eigenvalue weighted by Crippen LogP contribution is 2.34. The number of sulfonamides is 1. The maximum Gasteiger partial charge on any atom is 0.267 e. The van der Waals surface area contributed by atoms with Gasteiger partial charge in [-0.2, -0.15) is 5.10 Å². The molecule has 0 saturated heterocycles. The first kappa shape index (κ1) is 21.9. The summed E-state index contributed by atoms with van der Waals surface area (Å²) in [4.78, 5) is 12.1. The van der Waals surface area contributed by atoms with Gasteiger partial charge in [-0.05, 0) is 36.8 Å². The third-order valence-corrected chi connectivity index (χ3v) is 5.69. The van der Waals surface area contributed by atoms with Gasteiger partial charge in [0, 0.05) is 17.0 Å². The molecule has 0 bridgehead atoms. The van der Waals surface area contributed by atoms with Gasteiger partial charge in [0.25, 0.3) is 5.91 Å². The van der Waals surface area contributed by atoms with Crippen LogP contribution in [0.2, 0.25) is 5.02 Å². The molecule has 0 saturated carbocycles. The van der Waals surface area contributed by atoms with Crippen LogP contribution in [0.4, 0.5) is 8.78 Å². The molecule has 1 amide bonds. The van der Waals surface area contributed by atoms with Crippen molar-refractivity contribution in [3.63, 3.8) is 0 Å². The van der Waals surface area contributed by atoms with E-state index in [1.165, 1.54) is 22.9 Å². The Balaban J connectivity index is 1.92. The highest BCUT2D eigenvalue weighted by Gasteiger charge is 2.22. The van der Waals surface area contributed by atoms with E-state index >= 15 is 0 Å². The van der Waals surface area contributed by atoms with Crippen LogP contribution in [0.1, 0.15) is 15.9 Å². The molecule has 1 aromatic heterocycles. The van der Waals surface area contributed by atoms with Crippen molar-refractivity contribution in [2.75, 3.05) is 6.26 Å². The maximum absolute atomic E-state index is 14.8. The van der Waals surface area contributed by atoms with Crippen LogP contribution in [0, 0.1) is 18.6 Å². The number of amides is 1. The molecule has 6 nitrogen and oxygen atoms in total. The van der Waals surface area contributed by atoms with Crippen LogP contribution in [0.3, 0.4) is 0 Å². The molecular formula is C22H16ClF2N3O3S. The van der Waals surface area contributed by atoms with Crippen molar-refractivity contribution in [3.8, 4) is 16.9 Å². The largest absolute Gasteiger partial charge is 0.268 e. The smallest absolute Gasteiger partial charge is 0.267 e. The van der Waals surface area contributed by atoms with Crippen LogP contribution < -0.4 is 4.72 Å². The number of fused-ring (bicyclic) bond motifs is 1. The monoisotopic (exact) mass is 475 g/mol. The molecule has 0 radical (unpaired) electrons. The highest BCUT2D eigenvalue weighted by atomic mass is 35.5. The lowest BCUT2D eigenvalue weighted by Gasteiger charge is -2.10. The van der Waals surface area contributed by atoms with Crippen molar-refractivity contribution in [2.24, 2.45) is 0 Å². The number of halogens is 3. The van der Waals surface area contributed by atoms with Gasteiger partial charge in [-0.3, -0.25) is 4.79 Å². The summed E-state index contributed by atoms with van der Waals surface area (Å²) in [5.41, 5.74) is 2.20. The van der Waals surface area contributed by atoms with Crippen LogP contribution in [0.25, 0.3) is 27.8 Å². The zero-order valence-corrected chi connectivity index (χ0v) is 18.4. The predicted octanol–water partition coefficient (Wildman–Crippen LogP) is 4.62. The fraction of sp³-hybridized carbons (Fsp3) is 0.0909. The number of carbonyl (C=O) groups is 1. The van der Waals surface area contributed by atoms with E-state index in [9.17, 15) is 22.0 Å². The molecule has 0 aliphatic carbocycles. The first-order valence-electron chi connectivity index (χ1n) is 9.31. The van der Waals surface area contributed by atoms with Gasteiger partial charge >= 0.3 is 0 Å². The summed E-state index contributed by atoms with van der Waals surface area (Å²) >= 11 is 6.34. The molecule has 1 N–H and O–H groups in total. The summed E-state index contributed by atoms with van der Waals surface area (Å²) in [7, 11) is -3.89. The molecule has 4 aromatic rings. The van der Waals surface area contributed by atoms with Gasteiger partial charge in [-0.15, -0.1) is 0 Å². The summed E-state index contributed by atoms with van der Waals surface area (Å²) in [6.07, 6.45) is 0.779. The van der Waals surface area contributed by atoms with Gasteiger partial charge in [-0.1, -0.05) is 35.9 Å². The zero-order chi connectivity index (χ0) is 23.2. The van der Waals surface area contributed by atoms with Crippen molar-refractivity contribution < 1.29 is 22.0 Å². The number of nitrogens with one attached hydrogen (secondary N) is 1. The number of carbonyl (C=O) groups excluding carboxylic acids is 1. The third kappa shape index (κ3) is 4.09. The van der Waals surface area contributed by atoms with Gasteiger partial charge in [-0.25, -0.2) is 26.6 Å². The summed E-state index contributed by atoms with van der Waals surface area (Å²) in [5, 5.41) is 5.02. The average Bonchev–Trinajstić information content (AvgIpc) is 3.06. The van der Waals surface area contributed by atoms with Gasteiger partial charge in [0.2, 0.25) is 10.0 Å². The Hall–Kier alpha value is -3.30. The number of rotatable bonds is 4. The number of aromatic nitrogens is 2. The minimum absolute atomic E-state index is 0.0462. The fourth-order valence-electron chi connectivity index (χ4n) is 3.41. The number of benzene rings is 3. The molecule has 0 fully saturated rings. The lowest BCUT2D eigenvalue weighted by molar-refractivity contribution is 0.0978. The normalized spacial score (nSPS) is 11.7. The van der Waals surface area contributed by atoms with E-state index in [0.717, 1.165) is 29.5 Å². The molecule has 0 unspecified atom stereocenters. The Morgan fingerprint density at radius 2 is 1.81 bits per heavy atom. The number of nitrogens with zero attached hydrogens (tertiary/aromatic N) is 2. The molecule has 0 aliphatic heterocycles. The summed E-state index contributed by atoms with van der Waals surface area (Å²) in [5.74, 6) is -2.60. The summed E-state index contributed by atoms with van der Waals surface area (Å²) in [6.45, 7) is 1.89. The second-order valence-corrected chi connectivity index (χ2v) is 9.38. The molecule has 4 rings (SSSR count). The van der Waals surface area contributed by atoms with Crippen LogP contribution in [-0.4, -0.2) is 30.4 Å². The summed E-state index contributed by atoms with van der Waals surface area (Å²) in [6, 6.07) is 13.5. The fourth-order valence-corrected chi connectivity index (χ4v) is 4.10. The number of hydrogen-bond acceptors (Lipinski definition) is 4. The molecule has 164 valence electrons. The Labute approximate surface area is 187 Å². The lowest BCUT2D eigenvalue weighted by Crippen LogP contribution is -2.30. The first-order chi connectivity index (χ1) is 15.0. The zero-order valence-electron chi connectivity index (χ0n) is 16.9. The van der Waals surface area contributed by atoms with E-state index in [0.29, 0.717) is 16.6 Å². The van der Waals surface area contributed by atoms with E-state index in [2.05, 4.69) is 5.10 Å². The van der Waals surface area contributed by atoms with Crippen molar-refractivity contribution >= 4 is 38.4 Å². The number of hydrogen-bond donors (Lipinski definition) is 1. The van der Waals surface area contributed by atoms with E-state index in [-0.39, 0.29) is 10.7 Å². The Morgan fingerprint density at radius 3 is 2.50 bits per heavy atom. The van der Waals surface area contributed by atoms with Crippen LogP contribution in [0.15, 0.2) is 54.6 Å². The van der Waals surface area contributed by atoms with Crippen LogP contribution in [0.5, 0.6) is 0 Å². The first-order valence-corrected chi connectivity index (χ1v) is 11.6. The van der Waals surface area contributed by atoms with Crippen molar-refractivity contribution in [2.45, 2.75) is 6.92 Å². The predicted molar refractivity (Wildman–Crippen MR) is 118 cm³/mol. The van der Waals surface area contributed by atoms with Gasteiger partial charge in [0.15, 0.2) is 0 Å². The topological polar surface area (TPSA) is 81.1 Å². The molecule has 1 heterocycles. The lowest BCUT2D eigenvalue weighted by atomic mass is 10.0. The highest BCUT2D eigenvalue weighted by molar-refractivity contribution is 7.89. The molecule has 0 aliphatic rings. The van der Waals surface area contributed by atoms with E-state index in [4.69, 9.17) is 11.6 Å². The molecule has 10 heteroatoms.